The molecule has 7 N–H and O–H groups in total. The zero-order valence-electron chi connectivity index (χ0n) is 33.9. The number of nitrogens with one attached hydrogen (secondary N) is 3. The first-order valence-corrected chi connectivity index (χ1v) is 20.2. The average Bonchev–Trinajstić information content (AvgIpc) is 3.77. The fourth-order valence-electron chi connectivity index (χ4n) is 10.1. The molecule has 4 atom stereocenters. The van der Waals surface area contributed by atoms with Gasteiger partial charge in [-0.15, -0.1) is 0 Å². The number of nitrogens with two attached hydrogens (primary N) is 1. The molecule has 58 heavy (non-hydrogen) atoms. The van der Waals surface area contributed by atoms with Crippen LogP contribution in [0.1, 0.15) is 82.8 Å². The predicted molar refractivity (Wildman–Crippen MR) is 222 cm³/mol. The number of fused-ring (bicyclic) bond motifs is 7. The minimum Gasteiger partial charge on any atom is -0.508 e. The SMILES string of the molecule is CNCc1c(O)c(OC(CNC)CNC)cc2c1CC#Cc1nc(N)ccc1C[C@H]1CC[C@]3(Cc4cc(O)cc(OC)c4-c4ccc5c(c43)O[C@H]2[C@H]5COC(C)=O)C1. The van der Waals surface area contributed by atoms with Crippen LogP contribution < -0.4 is 35.9 Å². The number of rotatable bonds is 11. The van der Waals surface area contributed by atoms with Crippen LogP contribution in [-0.4, -0.2) is 75.2 Å². The second-order valence-corrected chi connectivity index (χ2v) is 16.2. The number of nitrogens with zero attached hydrogens (tertiary/aromatic N) is 1. The maximum Gasteiger partial charge on any atom is 0.302 e. The highest BCUT2D eigenvalue weighted by Gasteiger charge is 2.51. The van der Waals surface area contributed by atoms with E-state index in [1.807, 2.05) is 39.3 Å². The van der Waals surface area contributed by atoms with Gasteiger partial charge in [0.25, 0.3) is 0 Å². The molecule has 2 aliphatic carbocycles. The van der Waals surface area contributed by atoms with Crippen LogP contribution in [0.4, 0.5) is 5.82 Å². The Morgan fingerprint density at radius 2 is 1.86 bits per heavy atom. The summed E-state index contributed by atoms with van der Waals surface area (Å²) in [7, 11) is 7.20. The van der Waals surface area contributed by atoms with Crippen LogP contribution in [0.5, 0.6) is 28.7 Å². The molecular weight excluding hydrogens is 735 g/mol. The summed E-state index contributed by atoms with van der Waals surface area (Å²) >= 11 is 0. The number of methoxy groups -OCH3 is 1. The summed E-state index contributed by atoms with van der Waals surface area (Å²) < 4.78 is 25.8. The van der Waals surface area contributed by atoms with Crippen molar-refractivity contribution in [3.05, 3.63) is 87.1 Å². The molecule has 1 saturated carbocycles. The number of phenolic OH excluding ortho intramolecular Hbond substituents is 2. The lowest BCUT2D eigenvalue weighted by Gasteiger charge is -2.39. The van der Waals surface area contributed by atoms with Crippen LogP contribution in [0.15, 0.2) is 42.5 Å². The van der Waals surface area contributed by atoms with Gasteiger partial charge in [0.1, 0.15) is 47.6 Å². The van der Waals surface area contributed by atoms with Gasteiger partial charge in [-0.1, -0.05) is 24.1 Å². The van der Waals surface area contributed by atoms with E-state index in [9.17, 15) is 15.0 Å². The largest absolute Gasteiger partial charge is 0.508 e. The number of hydrogen-bond donors (Lipinski definition) is 6. The van der Waals surface area contributed by atoms with Crippen LogP contribution in [-0.2, 0) is 40.8 Å². The quantitative estimate of drug-likeness (QED) is 0.0872. The molecule has 0 radical (unpaired) electrons. The van der Waals surface area contributed by atoms with Crippen LogP contribution in [0, 0.1) is 17.8 Å². The number of carbonyl (C=O) groups is 1. The highest BCUT2D eigenvalue weighted by Crippen LogP contribution is 2.62. The molecule has 12 heteroatoms. The molecule has 3 aromatic carbocycles. The van der Waals surface area contributed by atoms with Crippen molar-refractivity contribution < 1.29 is 34.0 Å². The van der Waals surface area contributed by atoms with Crippen molar-refractivity contribution in [2.45, 2.75) is 75.5 Å². The Kier molecular flexibility index (Phi) is 10.9. The van der Waals surface area contributed by atoms with Crippen LogP contribution >= 0.6 is 0 Å². The monoisotopic (exact) mass is 787 g/mol. The molecule has 0 amide bonds. The Balaban J connectivity index is 1.41. The van der Waals surface area contributed by atoms with Gasteiger partial charge in [0.15, 0.2) is 11.5 Å². The number of nitrogen functional groups attached to an aromatic ring is 1. The second-order valence-electron chi connectivity index (χ2n) is 16.2. The van der Waals surface area contributed by atoms with Crippen LogP contribution in [0.2, 0.25) is 0 Å². The Hall–Kier alpha value is -5.48. The normalized spacial score (nSPS) is 21.0. The van der Waals surface area contributed by atoms with Gasteiger partial charge in [-0.25, -0.2) is 4.98 Å². The molecule has 1 spiro atoms. The summed E-state index contributed by atoms with van der Waals surface area (Å²) in [6, 6.07) is 13.6. The van der Waals surface area contributed by atoms with Crippen molar-refractivity contribution in [2.75, 3.05) is 53.7 Å². The third-order valence-electron chi connectivity index (χ3n) is 12.4. The number of likely N-dealkylation sites (N-methyl/N-ethyl adjacent to an activating group) is 2. The average molecular weight is 788 g/mol. The maximum absolute atomic E-state index is 12.5. The van der Waals surface area contributed by atoms with Gasteiger partial charge < -0.3 is 50.8 Å². The molecule has 0 unspecified atom stereocenters. The standard InChI is InChI=1S/C46H53N5O7/c1-25(52)56-24-36-32-10-11-33-41-28(16-29(53)17-38(41)55-5)20-46-14-13-26(19-46)15-27-9-12-40(47)51-37(27)8-6-7-31-34(44(36)58-45(32)42(33)46)18-39(43(54)35(31)23-50-4)57-30(21-48-2)22-49-3/h9-12,16-18,26,30,36,44,48-50,53-54H,7,13-15,19-24H2,1-5H3,(H2,47,51)/t26-,36+,44-,46-/m1/s1. The summed E-state index contributed by atoms with van der Waals surface area (Å²) in [6.07, 6.45) is 3.55. The van der Waals surface area contributed by atoms with Crippen molar-refractivity contribution in [3.63, 3.8) is 0 Å². The smallest absolute Gasteiger partial charge is 0.302 e. The molecule has 1 fully saturated rings. The summed E-state index contributed by atoms with van der Waals surface area (Å²) in [5.41, 5.74) is 14.9. The number of benzene rings is 3. The Labute approximate surface area is 339 Å². The van der Waals surface area contributed by atoms with Crippen LogP contribution in [0.3, 0.4) is 0 Å². The lowest BCUT2D eigenvalue weighted by atomic mass is 9.65. The van der Waals surface area contributed by atoms with Crippen molar-refractivity contribution in [2.24, 2.45) is 5.92 Å². The van der Waals surface area contributed by atoms with E-state index in [4.69, 9.17) is 29.7 Å². The number of anilines is 1. The van der Waals surface area contributed by atoms with E-state index in [0.29, 0.717) is 60.5 Å². The molecule has 304 valence electrons. The number of carbonyl (C=O) groups excluding carboxylic acids is 1. The van der Waals surface area contributed by atoms with Gasteiger partial charge >= 0.3 is 5.97 Å². The molecule has 4 bridgehead atoms. The number of ether oxygens (including phenoxy) is 4. The highest BCUT2D eigenvalue weighted by atomic mass is 16.5. The first kappa shape index (κ1) is 39.4. The zero-order chi connectivity index (χ0) is 40.7. The molecular formula is C46H53N5O7. The summed E-state index contributed by atoms with van der Waals surface area (Å²) in [6.45, 7) is 2.91. The fourth-order valence-corrected chi connectivity index (χ4v) is 10.1. The van der Waals surface area contributed by atoms with Crippen molar-refractivity contribution in [3.8, 4) is 51.7 Å². The van der Waals surface area contributed by atoms with E-state index in [1.165, 1.54) is 6.92 Å². The predicted octanol–water partition coefficient (Wildman–Crippen LogP) is 5.18. The van der Waals surface area contributed by atoms with Gasteiger partial charge in [-0.05, 0) is 106 Å². The van der Waals surface area contributed by atoms with Crippen molar-refractivity contribution in [1.82, 2.24) is 20.9 Å². The number of aromatic nitrogens is 1. The van der Waals surface area contributed by atoms with Crippen molar-refractivity contribution >= 4 is 11.8 Å². The van der Waals surface area contributed by atoms with E-state index in [1.54, 1.807) is 13.2 Å². The maximum atomic E-state index is 12.5. The van der Waals surface area contributed by atoms with Crippen LogP contribution in [0.25, 0.3) is 11.1 Å². The Morgan fingerprint density at radius 3 is 2.60 bits per heavy atom. The van der Waals surface area contributed by atoms with E-state index < -0.39 is 12.0 Å². The summed E-state index contributed by atoms with van der Waals surface area (Å²) in [5, 5.41) is 32.6. The van der Waals surface area contributed by atoms with Gasteiger partial charge in [0.2, 0.25) is 0 Å². The zero-order valence-corrected chi connectivity index (χ0v) is 33.9. The number of hydrogen-bond acceptors (Lipinski definition) is 12. The van der Waals surface area contributed by atoms with Gasteiger partial charge in [0, 0.05) is 72.3 Å². The lowest BCUT2D eigenvalue weighted by Crippen LogP contribution is -2.37. The number of aromatic hydroxyl groups is 2. The van der Waals surface area contributed by atoms with Gasteiger partial charge in [0.05, 0.1) is 13.0 Å². The topological polar surface area (TPSA) is 169 Å². The minimum absolute atomic E-state index is 0.0282. The number of pyridine rings is 1. The molecule has 2 aliphatic heterocycles. The molecule has 1 aromatic heterocycles. The Morgan fingerprint density at radius 1 is 1.05 bits per heavy atom. The Bertz CT molecular complexity index is 2310. The van der Waals surface area contributed by atoms with E-state index in [2.05, 4.69) is 46.0 Å². The molecule has 12 nitrogen and oxygen atoms in total. The number of phenols is 2. The fraction of sp³-hybridized carbons (Fsp3) is 0.435. The van der Waals surface area contributed by atoms with E-state index in [0.717, 1.165) is 75.9 Å². The number of esters is 1. The lowest BCUT2D eigenvalue weighted by molar-refractivity contribution is -0.141. The molecule has 8 rings (SSSR count). The third kappa shape index (κ3) is 7.05. The van der Waals surface area contributed by atoms with Crippen molar-refractivity contribution in [1.29, 1.82) is 0 Å². The van der Waals surface area contributed by atoms with Gasteiger partial charge in [-0.2, -0.15) is 0 Å². The molecule has 0 saturated heterocycles. The highest BCUT2D eigenvalue weighted by molar-refractivity contribution is 5.84. The first-order valence-electron chi connectivity index (χ1n) is 20.2. The second kappa shape index (κ2) is 16.0. The molecule has 4 aromatic rings. The molecule has 4 aliphatic rings. The molecule has 3 heterocycles. The summed E-state index contributed by atoms with van der Waals surface area (Å²) in [5.74, 6) is 8.64. The minimum atomic E-state index is -0.633. The first-order chi connectivity index (χ1) is 28.1. The van der Waals surface area contributed by atoms with E-state index >= 15 is 0 Å². The van der Waals surface area contributed by atoms with E-state index in [-0.39, 0.29) is 42.0 Å². The third-order valence-corrected chi connectivity index (χ3v) is 12.4. The van der Waals surface area contributed by atoms with Gasteiger partial charge in [-0.3, -0.25) is 4.79 Å². The summed E-state index contributed by atoms with van der Waals surface area (Å²) in [4.78, 5) is 17.2.